The van der Waals surface area contributed by atoms with Gasteiger partial charge in [-0.05, 0) is 54.3 Å². The number of benzene rings is 2. The summed E-state index contributed by atoms with van der Waals surface area (Å²) in [5, 5.41) is 2.36. The Morgan fingerprint density at radius 3 is 1.82 bits per heavy atom. The Morgan fingerprint density at radius 2 is 1.27 bits per heavy atom. The van der Waals surface area contributed by atoms with Crippen LogP contribution in [0.1, 0.15) is 32.6 Å². The van der Waals surface area contributed by atoms with Crippen molar-refractivity contribution in [3.8, 4) is 11.5 Å². The van der Waals surface area contributed by atoms with Gasteiger partial charge >= 0.3 is 0 Å². The van der Waals surface area contributed by atoms with Crippen molar-refractivity contribution < 1.29 is 14.2 Å². The van der Waals surface area contributed by atoms with Gasteiger partial charge in [0, 0.05) is 13.7 Å². The van der Waals surface area contributed by atoms with Crippen molar-refractivity contribution >= 4 is 10.8 Å². The molecule has 0 saturated carbocycles. The normalized spacial score (nSPS) is 10.8. The maximum Gasteiger partial charge on any atom is 0.119 e. The average molecular weight is 302 g/mol. The van der Waals surface area contributed by atoms with Gasteiger partial charge in [-0.15, -0.1) is 0 Å². The highest BCUT2D eigenvalue weighted by molar-refractivity contribution is 5.85. The smallest absolute Gasteiger partial charge is 0.119 e. The van der Waals surface area contributed by atoms with Crippen LogP contribution in [0.5, 0.6) is 11.5 Å². The van der Waals surface area contributed by atoms with Crippen LogP contribution in [0.25, 0.3) is 10.8 Å². The van der Waals surface area contributed by atoms with Gasteiger partial charge in [0.05, 0.1) is 13.2 Å². The molecule has 3 heteroatoms. The lowest BCUT2D eigenvalue weighted by molar-refractivity contribution is 0.184. The Labute approximate surface area is 133 Å². The van der Waals surface area contributed by atoms with Gasteiger partial charge in [-0.25, -0.2) is 0 Å². The van der Waals surface area contributed by atoms with Crippen LogP contribution in [0, 0.1) is 0 Å². The molecule has 0 saturated heterocycles. The van der Waals surface area contributed by atoms with E-state index in [1.807, 2.05) is 12.1 Å². The molecule has 3 nitrogen and oxygen atoms in total. The van der Waals surface area contributed by atoms with Crippen molar-refractivity contribution in [1.82, 2.24) is 0 Å². The minimum Gasteiger partial charge on any atom is -0.494 e. The third kappa shape index (κ3) is 5.23. The predicted molar refractivity (Wildman–Crippen MR) is 91.0 cm³/mol. The van der Waals surface area contributed by atoms with Crippen LogP contribution in [0.2, 0.25) is 0 Å². The molecule has 0 radical (unpaired) electrons. The molecule has 0 unspecified atom stereocenters. The second kappa shape index (κ2) is 9.31. The van der Waals surface area contributed by atoms with E-state index in [2.05, 4.69) is 31.2 Å². The Morgan fingerprint density at radius 1 is 0.727 bits per heavy atom. The topological polar surface area (TPSA) is 27.7 Å². The number of methoxy groups -OCH3 is 1. The zero-order valence-corrected chi connectivity index (χ0v) is 13.6. The van der Waals surface area contributed by atoms with Gasteiger partial charge in [0.15, 0.2) is 0 Å². The van der Waals surface area contributed by atoms with E-state index >= 15 is 0 Å². The van der Waals surface area contributed by atoms with E-state index in [0.29, 0.717) is 0 Å². The molecule has 2 aromatic carbocycles. The summed E-state index contributed by atoms with van der Waals surface area (Å²) in [6.45, 7) is 4.47. The van der Waals surface area contributed by atoms with E-state index < -0.39 is 0 Å². The van der Waals surface area contributed by atoms with Gasteiger partial charge in [-0.3, -0.25) is 0 Å². The van der Waals surface area contributed by atoms with Gasteiger partial charge in [0.2, 0.25) is 0 Å². The van der Waals surface area contributed by atoms with E-state index in [1.54, 1.807) is 7.11 Å². The Hall–Kier alpha value is -1.74. The van der Waals surface area contributed by atoms with Crippen LogP contribution < -0.4 is 9.47 Å². The number of unbranched alkanes of at least 4 members (excludes halogenated alkanes) is 2. The maximum absolute atomic E-state index is 5.78. The average Bonchev–Trinajstić information content (AvgIpc) is 2.55. The molecule has 0 atom stereocenters. The van der Waals surface area contributed by atoms with E-state index in [9.17, 15) is 0 Å². The minimum atomic E-state index is 0.729. The van der Waals surface area contributed by atoms with Crippen molar-refractivity contribution in [1.29, 1.82) is 0 Å². The molecular weight excluding hydrogens is 276 g/mol. The number of fused-ring (bicyclic) bond motifs is 1. The fraction of sp³-hybridized carbons (Fsp3) is 0.474. The fourth-order valence-electron chi connectivity index (χ4n) is 2.25. The zero-order chi connectivity index (χ0) is 15.6. The highest BCUT2D eigenvalue weighted by Crippen LogP contribution is 2.25. The molecule has 0 aliphatic heterocycles. The number of rotatable bonds is 10. The van der Waals surface area contributed by atoms with Crippen LogP contribution in [0.4, 0.5) is 0 Å². The van der Waals surface area contributed by atoms with Crippen molar-refractivity contribution in [3.05, 3.63) is 36.4 Å². The molecule has 22 heavy (non-hydrogen) atoms. The summed E-state index contributed by atoms with van der Waals surface area (Å²) in [6, 6.07) is 12.4. The first-order valence-corrected chi connectivity index (χ1v) is 8.12. The van der Waals surface area contributed by atoms with Crippen molar-refractivity contribution in [2.45, 2.75) is 32.6 Å². The van der Waals surface area contributed by atoms with Gasteiger partial charge in [0.25, 0.3) is 0 Å². The van der Waals surface area contributed by atoms with Crippen LogP contribution >= 0.6 is 0 Å². The van der Waals surface area contributed by atoms with Crippen LogP contribution in [0.15, 0.2) is 36.4 Å². The highest BCUT2D eigenvalue weighted by Gasteiger charge is 2.01. The van der Waals surface area contributed by atoms with Gasteiger partial charge in [-0.1, -0.05) is 25.5 Å². The molecule has 0 aromatic heterocycles. The molecule has 120 valence electrons. The summed E-state index contributed by atoms with van der Waals surface area (Å²) in [5.41, 5.74) is 0. The minimum absolute atomic E-state index is 0.729. The summed E-state index contributed by atoms with van der Waals surface area (Å²) in [5.74, 6) is 1.86. The maximum atomic E-state index is 5.78. The molecule has 0 aliphatic rings. The van der Waals surface area contributed by atoms with Crippen LogP contribution in [0.3, 0.4) is 0 Å². The molecule has 0 bridgehead atoms. The highest BCUT2D eigenvalue weighted by atomic mass is 16.5. The summed E-state index contributed by atoms with van der Waals surface area (Å²) in [7, 11) is 1.73. The van der Waals surface area contributed by atoms with Gasteiger partial charge in [0.1, 0.15) is 11.5 Å². The predicted octanol–water partition coefficient (Wildman–Crippen LogP) is 4.82. The third-order valence-corrected chi connectivity index (χ3v) is 3.56. The quantitative estimate of drug-likeness (QED) is 0.589. The van der Waals surface area contributed by atoms with Gasteiger partial charge in [-0.2, -0.15) is 0 Å². The Bertz CT molecular complexity index is 566. The molecule has 0 fully saturated rings. The first kappa shape index (κ1) is 16.6. The van der Waals surface area contributed by atoms with Gasteiger partial charge < -0.3 is 14.2 Å². The molecule has 0 aliphatic carbocycles. The summed E-state index contributed by atoms with van der Waals surface area (Å²) < 4.78 is 16.6. The lowest BCUT2D eigenvalue weighted by atomic mass is 10.1. The Balaban J connectivity index is 1.91. The summed E-state index contributed by atoms with van der Waals surface area (Å²) >= 11 is 0. The second-order valence-electron chi connectivity index (χ2n) is 5.42. The van der Waals surface area contributed by atoms with E-state index in [0.717, 1.165) is 57.0 Å². The second-order valence-corrected chi connectivity index (χ2v) is 5.42. The monoisotopic (exact) mass is 302 g/mol. The SMILES string of the molecule is CCCCOc1ccc2cc(OCCCCOC)ccc2c1. The molecule has 0 N–H and O–H groups in total. The largest absolute Gasteiger partial charge is 0.494 e. The van der Waals surface area contributed by atoms with E-state index in [1.165, 1.54) is 10.8 Å². The van der Waals surface area contributed by atoms with Crippen molar-refractivity contribution in [2.24, 2.45) is 0 Å². The number of hydrogen-bond acceptors (Lipinski definition) is 3. The Kier molecular flexibility index (Phi) is 7.04. The van der Waals surface area contributed by atoms with Crippen molar-refractivity contribution in [3.63, 3.8) is 0 Å². The van der Waals surface area contributed by atoms with Crippen LogP contribution in [-0.4, -0.2) is 26.9 Å². The van der Waals surface area contributed by atoms with E-state index in [-0.39, 0.29) is 0 Å². The lowest BCUT2D eigenvalue weighted by Gasteiger charge is -2.09. The summed E-state index contributed by atoms with van der Waals surface area (Å²) in [4.78, 5) is 0. The molecule has 2 aromatic rings. The fourth-order valence-corrected chi connectivity index (χ4v) is 2.25. The number of hydrogen-bond donors (Lipinski definition) is 0. The molecule has 0 heterocycles. The molecule has 0 spiro atoms. The standard InChI is InChI=1S/C19H26O3/c1-3-4-12-21-18-9-7-17-15-19(10-8-16(17)14-18)22-13-6-5-11-20-2/h7-10,14-15H,3-6,11-13H2,1-2H3. The zero-order valence-electron chi connectivity index (χ0n) is 13.6. The molecular formula is C19H26O3. The third-order valence-electron chi connectivity index (χ3n) is 3.56. The first-order valence-electron chi connectivity index (χ1n) is 8.12. The first-order chi connectivity index (χ1) is 10.8. The van der Waals surface area contributed by atoms with E-state index in [4.69, 9.17) is 14.2 Å². The van der Waals surface area contributed by atoms with Crippen molar-refractivity contribution in [2.75, 3.05) is 26.9 Å². The van der Waals surface area contributed by atoms with Crippen LogP contribution in [-0.2, 0) is 4.74 Å². The lowest BCUT2D eigenvalue weighted by Crippen LogP contribution is -1.99. The molecule has 0 amide bonds. The number of ether oxygens (including phenoxy) is 3. The molecule has 2 rings (SSSR count). The summed E-state index contributed by atoms with van der Waals surface area (Å²) in [6.07, 6.45) is 4.28.